The van der Waals surface area contributed by atoms with Gasteiger partial charge in [-0.15, -0.1) is 0 Å². The number of aliphatic hydroxyl groups excluding tert-OH is 1. The third-order valence-electron chi connectivity index (χ3n) is 5.03. The lowest BCUT2D eigenvalue weighted by Crippen LogP contribution is -2.08. The first kappa shape index (κ1) is 27.7. The minimum atomic E-state index is -0.250. The van der Waals surface area contributed by atoms with Gasteiger partial charge >= 0.3 is 0 Å². The molecule has 1 aromatic carbocycles. The van der Waals surface area contributed by atoms with Crippen LogP contribution in [0.5, 0.6) is 0 Å². The van der Waals surface area contributed by atoms with Gasteiger partial charge in [-0.3, -0.25) is 9.59 Å². The summed E-state index contributed by atoms with van der Waals surface area (Å²) in [6, 6.07) is 11.8. The molecule has 0 aliphatic rings. The molecule has 7 heteroatoms. The molecule has 180 valence electrons. The minimum Gasteiger partial charge on any atom is -0.501 e. The van der Waals surface area contributed by atoms with Gasteiger partial charge in [0.1, 0.15) is 0 Å². The van der Waals surface area contributed by atoms with E-state index >= 15 is 0 Å². The number of nitrogens with one attached hydrogen (secondary N) is 2. The number of methoxy groups -OCH3 is 1. The molecule has 0 saturated carbocycles. The second-order valence-corrected chi connectivity index (χ2v) is 7.61. The highest BCUT2D eigenvalue weighted by molar-refractivity contribution is 5.82. The molecular weight excluding hydrogens is 420 g/mol. The molecule has 0 aliphatic carbocycles. The Hall–Kier alpha value is -3.32. The van der Waals surface area contributed by atoms with Gasteiger partial charge in [0.25, 0.3) is 12.0 Å². The lowest BCUT2D eigenvalue weighted by atomic mass is 10.1. The quantitative estimate of drug-likeness (QED) is 0.289. The molecule has 3 rings (SSSR count). The van der Waals surface area contributed by atoms with Crippen LogP contribution >= 0.6 is 0 Å². The van der Waals surface area contributed by atoms with Gasteiger partial charge in [-0.2, -0.15) is 0 Å². The van der Waals surface area contributed by atoms with Gasteiger partial charge in [-0.25, -0.2) is 0 Å². The van der Waals surface area contributed by atoms with Crippen molar-refractivity contribution in [3.05, 3.63) is 69.8 Å². The number of hydrogen-bond acceptors (Lipinski definition) is 4. The summed E-state index contributed by atoms with van der Waals surface area (Å²) >= 11 is 0. The van der Waals surface area contributed by atoms with Crippen LogP contribution in [0.3, 0.4) is 0 Å². The number of hydrogen-bond donors (Lipinski definition) is 4. The van der Waals surface area contributed by atoms with Crippen LogP contribution in [0.15, 0.2) is 53.0 Å². The minimum absolute atomic E-state index is 0.0804. The molecule has 0 radical (unpaired) electrons. The van der Waals surface area contributed by atoms with Crippen LogP contribution in [-0.4, -0.2) is 39.9 Å². The van der Waals surface area contributed by atoms with Crippen molar-refractivity contribution in [1.29, 1.82) is 0 Å². The lowest BCUT2D eigenvalue weighted by Gasteiger charge is -2.02. The van der Waals surface area contributed by atoms with Crippen LogP contribution in [0.1, 0.15) is 51.3 Å². The first-order valence-corrected chi connectivity index (χ1v) is 11.1. The van der Waals surface area contributed by atoms with Gasteiger partial charge in [0, 0.05) is 17.6 Å². The van der Waals surface area contributed by atoms with Crippen molar-refractivity contribution < 1.29 is 19.7 Å². The first-order chi connectivity index (χ1) is 15.8. The Bertz CT molecular complexity index is 1070. The average Bonchev–Trinajstić information content (AvgIpc) is 3.15. The van der Waals surface area contributed by atoms with Crippen molar-refractivity contribution in [3.63, 3.8) is 0 Å². The molecular formula is C26H36N2O5. The number of H-pyrrole nitrogens is 2. The summed E-state index contributed by atoms with van der Waals surface area (Å²) in [5, 5.41) is 16.5. The largest absolute Gasteiger partial charge is 0.501 e. The van der Waals surface area contributed by atoms with E-state index in [-0.39, 0.29) is 18.1 Å². The van der Waals surface area contributed by atoms with E-state index in [4.69, 9.17) is 19.7 Å². The van der Waals surface area contributed by atoms with Crippen LogP contribution in [-0.2, 0) is 16.0 Å². The Labute approximate surface area is 195 Å². The molecule has 0 saturated heterocycles. The molecule has 33 heavy (non-hydrogen) atoms. The standard InChI is InChI=1S/C20H22N2O2.C5H12O.CH2O2/c1-4-16(24-3)10-9-14-12-19(21-13(14)2)17-11-15-7-5-6-8-18(15)22-20(17)23;1-3-4-5(2)6;2-1-3/h5-8,10-12,21H,4,9H2,1-3H3,(H,22,23);5-6H,3-4H2,1-2H3;1H,(H,2,3)/b16-10+;;. The molecule has 0 fully saturated rings. The molecule has 3 aromatic rings. The fourth-order valence-electron chi connectivity index (χ4n) is 3.32. The summed E-state index contributed by atoms with van der Waals surface area (Å²) in [7, 11) is 1.69. The molecule has 1 unspecified atom stereocenters. The number of rotatable bonds is 7. The number of aryl methyl sites for hydroxylation is 1. The number of fused-ring (bicyclic) bond motifs is 1. The van der Waals surface area contributed by atoms with Gasteiger partial charge in [0.05, 0.1) is 30.2 Å². The summed E-state index contributed by atoms with van der Waals surface area (Å²) < 4.78 is 5.32. The zero-order chi connectivity index (χ0) is 24.8. The van der Waals surface area contributed by atoms with E-state index < -0.39 is 0 Å². The van der Waals surface area contributed by atoms with Crippen molar-refractivity contribution in [2.75, 3.05) is 7.11 Å². The van der Waals surface area contributed by atoms with Crippen molar-refractivity contribution in [2.24, 2.45) is 0 Å². The van der Waals surface area contributed by atoms with Crippen molar-refractivity contribution in [2.45, 2.75) is 59.5 Å². The van der Waals surface area contributed by atoms with Crippen LogP contribution < -0.4 is 5.56 Å². The molecule has 2 heterocycles. The third-order valence-corrected chi connectivity index (χ3v) is 5.03. The first-order valence-electron chi connectivity index (χ1n) is 11.1. The number of carboxylic acid groups (broad SMARTS) is 1. The van der Waals surface area contributed by atoms with E-state index in [2.05, 4.69) is 29.9 Å². The van der Waals surface area contributed by atoms with E-state index in [0.29, 0.717) is 5.56 Å². The second-order valence-electron chi connectivity index (χ2n) is 7.61. The summed E-state index contributed by atoms with van der Waals surface area (Å²) in [5.41, 5.74) is 4.52. The number of aliphatic hydroxyl groups is 1. The SMILES string of the molecule is CC/C(=C\Cc1cc(-c2cc3ccccc3[nH]c2=O)[nH]c1C)OC.CCCC(C)O.O=CO. The number of carbonyl (C=O) groups is 1. The van der Waals surface area contributed by atoms with Crippen molar-refractivity contribution in [1.82, 2.24) is 9.97 Å². The van der Waals surface area contributed by atoms with Crippen LogP contribution in [0.2, 0.25) is 0 Å². The number of aromatic nitrogens is 2. The summed E-state index contributed by atoms with van der Waals surface area (Å²) in [6.45, 7) is 7.72. The zero-order valence-electron chi connectivity index (χ0n) is 20.1. The zero-order valence-corrected chi connectivity index (χ0v) is 20.1. The Morgan fingerprint density at radius 3 is 2.39 bits per heavy atom. The number of para-hydroxylation sites is 1. The Morgan fingerprint density at radius 2 is 1.85 bits per heavy atom. The third kappa shape index (κ3) is 8.98. The molecule has 2 aromatic heterocycles. The Balaban J connectivity index is 0.000000518. The molecule has 0 spiro atoms. The lowest BCUT2D eigenvalue weighted by molar-refractivity contribution is -0.122. The van der Waals surface area contributed by atoms with E-state index in [9.17, 15) is 4.79 Å². The van der Waals surface area contributed by atoms with Gasteiger partial charge in [-0.05, 0) is 61.9 Å². The van der Waals surface area contributed by atoms with E-state index in [1.807, 2.05) is 50.2 Å². The molecule has 7 nitrogen and oxygen atoms in total. The van der Waals surface area contributed by atoms with Crippen molar-refractivity contribution in [3.8, 4) is 11.3 Å². The van der Waals surface area contributed by atoms with E-state index in [1.54, 1.807) is 7.11 Å². The summed E-state index contributed by atoms with van der Waals surface area (Å²) in [4.78, 5) is 27.0. The maximum Gasteiger partial charge on any atom is 0.290 e. The predicted molar refractivity (Wildman–Crippen MR) is 133 cm³/mol. The van der Waals surface area contributed by atoms with Crippen LogP contribution in [0, 0.1) is 6.92 Å². The average molecular weight is 457 g/mol. The Kier molecular flexibility index (Phi) is 12.3. The maximum absolute atomic E-state index is 12.4. The molecule has 0 bridgehead atoms. The van der Waals surface area contributed by atoms with Crippen molar-refractivity contribution >= 4 is 17.4 Å². The fourth-order valence-corrected chi connectivity index (χ4v) is 3.32. The molecule has 0 amide bonds. The van der Waals surface area contributed by atoms with Crippen LogP contribution in [0.25, 0.3) is 22.2 Å². The van der Waals surface area contributed by atoms with Crippen LogP contribution in [0.4, 0.5) is 0 Å². The highest BCUT2D eigenvalue weighted by Crippen LogP contribution is 2.22. The van der Waals surface area contributed by atoms with E-state index in [0.717, 1.165) is 53.7 Å². The highest BCUT2D eigenvalue weighted by Gasteiger charge is 2.10. The Morgan fingerprint density at radius 1 is 1.18 bits per heavy atom. The van der Waals surface area contributed by atoms with Gasteiger partial charge in [0.2, 0.25) is 0 Å². The van der Waals surface area contributed by atoms with Gasteiger partial charge in [-0.1, -0.05) is 38.5 Å². The predicted octanol–water partition coefficient (Wildman–Crippen LogP) is 5.18. The number of benzene rings is 1. The van der Waals surface area contributed by atoms with Gasteiger partial charge in [0.15, 0.2) is 0 Å². The van der Waals surface area contributed by atoms with E-state index in [1.165, 1.54) is 5.56 Å². The number of aromatic amines is 2. The highest BCUT2D eigenvalue weighted by atomic mass is 16.5. The molecule has 1 atom stereocenters. The smallest absolute Gasteiger partial charge is 0.290 e. The topological polar surface area (TPSA) is 115 Å². The number of ether oxygens (including phenoxy) is 1. The maximum atomic E-state index is 12.4. The summed E-state index contributed by atoms with van der Waals surface area (Å²) in [5.74, 6) is 0.973. The monoisotopic (exact) mass is 456 g/mol. The molecule has 0 aliphatic heterocycles. The fraction of sp³-hybridized carbons (Fsp3) is 0.385. The normalized spacial score (nSPS) is 11.6. The van der Waals surface area contributed by atoms with Gasteiger partial charge < -0.3 is 24.9 Å². The summed E-state index contributed by atoms with van der Waals surface area (Å²) in [6.07, 6.45) is 5.65. The second kappa shape index (κ2) is 14.7. The number of allylic oxidation sites excluding steroid dienone is 2. The number of pyridine rings is 1. The molecule has 4 N–H and O–H groups in total.